The summed E-state index contributed by atoms with van der Waals surface area (Å²) in [6.45, 7) is 1.76. The predicted molar refractivity (Wildman–Crippen MR) is 67.8 cm³/mol. The maximum atomic E-state index is 11.8. The molecule has 1 aliphatic rings. The van der Waals surface area contributed by atoms with E-state index in [2.05, 4.69) is 15.9 Å². The van der Waals surface area contributed by atoms with Crippen molar-refractivity contribution in [3.05, 3.63) is 28.2 Å². The molecule has 0 aromatic heterocycles. The Morgan fingerprint density at radius 3 is 2.94 bits per heavy atom. The molecule has 1 unspecified atom stereocenters. The first kappa shape index (κ1) is 13.4. The summed E-state index contributed by atoms with van der Waals surface area (Å²) in [6, 6.07) is 4.97. The third kappa shape index (κ3) is 2.51. The molecule has 1 aromatic carbocycles. The molecule has 0 fully saturated rings. The molecule has 0 saturated heterocycles. The van der Waals surface area contributed by atoms with Gasteiger partial charge in [0.2, 0.25) is 0 Å². The van der Waals surface area contributed by atoms with E-state index in [0.717, 1.165) is 4.47 Å². The fraction of sp³-hybridized carbons (Fsp3) is 0.364. The zero-order valence-corrected chi connectivity index (χ0v) is 12.0. The van der Waals surface area contributed by atoms with E-state index in [1.54, 1.807) is 25.1 Å². The lowest BCUT2D eigenvalue weighted by atomic mass is 10.1. The van der Waals surface area contributed by atoms with Gasteiger partial charge in [-0.3, -0.25) is 4.79 Å². The normalized spacial score (nSPS) is 20.7. The maximum absolute atomic E-state index is 11.8. The van der Waals surface area contributed by atoms with Crippen LogP contribution in [0.15, 0.2) is 22.7 Å². The monoisotopic (exact) mass is 334 g/mol. The van der Waals surface area contributed by atoms with Crippen molar-refractivity contribution in [1.82, 2.24) is 0 Å². The van der Waals surface area contributed by atoms with Crippen LogP contribution in [0, 0.1) is 0 Å². The lowest BCUT2D eigenvalue weighted by Gasteiger charge is -2.23. The van der Waals surface area contributed by atoms with E-state index < -0.39 is 21.3 Å². The Balaban J connectivity index is 2.38. The van der Waals surface area contributed by atoms with Crippen LogP contribution in [-0.4, -0.2) is 26.2 Å². The summed E-state index contributed by atoms with van der Waals surface area (Å²) in [5.74, 6) is -0.512. The van der Waals surface area contributed by atoms with Gasteiger partial charge in [-0.25, -0.2) is 0 Å². The molecule has 0 radical (unpaired) electrons. The van der Waals surface area contributed by atoms with Crippen LogP contribution >= 0.6 is 15.9 Å². The van der Waals surface area contributed by atoms with Gasteiger partial charge < -0.3 is 8.92 Å². The quantitative estimate of drug-likeness (QED) is 0.607. The fourth-order valence-electron chi connectivity index (χ4n) is 1.71. The van der Waals surface area contributed by atoms with E-state index in [1.165, 1.54) is 0 Å². The van der Waals surface area contributed by atoms with Crippen molar-refractivity contribution in [2.75, 3.05) is 6.61 Å². The highest BCUT2D eigenvalue weighted by atomic mass is 79.9. The average Bonchev–Trinajstić information content (AvgIpc) is 2.28. The van der Waals surface area contributed by atoms with E-state index >= 15 is 0 Å². The molecule has 0 amide bonds. The summed E-state index contributed by atoms with van der Waals surface area (Å²) in [5.41, 5.74) is 0.664. The minimum atomic E-state index is -3.96. The highest BCUT2D eigenvalue weighted by Crippen LogP contribution is 2.32. The number of ether oxygens (including phenoxy) is 1. The van der Waals surface area contributed by atoms with Crippen LogP contribution in [0.3, 0.4) is 0 Å². The minimum absolute atomic E-state index is 0.0654. The lowest BCUT2D eigenvalue weighted by Crippen LogP contribution is -2.39. The van der Waals surface area contributed by atoms with E-state index in [4.69, 9.17) is 8.92 Å². The van der Waals surface area contributed by atoms with Crippen molar-refractivity contribution in [2.45, 2.75) is 18.6 Å². The number of carbonyl (C=O) groups is 1. The standard InChI is InChI=1S/C11H11BrO5S/c1-2-16-11(13)10-6-7-5-8(12)3-4-9(7)17-18(10,14)15/h3-5,10H,2,6H2,1H3. The molecule has 0 bridgehead atoms. The molecule has 5 nitrogen and oxygen atoms in total. The van der Waals surface area contributed by atoms with Gasteiger partial charge in [-0.15, -0.1) is 0 Å². The predicted octanol–water partition coefficient (Wildman–Crippen LogP) is 1.65. The first-order chi connectivity index (χ1) is 8.44. The molecule has 0 saturated carbocycles. The van der Waals surface area contributed by atoms with Gasteiger partial charge in [-0.1, -0.05) is 15.9 Å². The molecule has 0 spiro atoms. The highest BCUT2D eigenvalue weighted by molar-refractivity contribution is 9.10. The van der Waals surface area contributed by atoms with Crippen molar-refractivity contribution >= 4 is 32.0 Å². The van der Waals surface area contributed by atoms with Gasteiger partial charge in [0.05, 0.1) is 6.61 Å². The summed E-state index contributed by atoms with van der Waals surface area (Å²) in [4.78, 5) is 11.6. The number of halogens is 1. The summed E-state index contributed by atoms with van der Waals surface area (Å²) in [6.07, 6.45) is 0.0654. The zero-order valence-electron chi connectivity index (χ0n) is 9.55. The van der Waals surface area contributed by atoms with Crippen LogP contribution in [0.4, 0.5) is 0 Å². The van der Waals surface area contributed by atoms with Gasteiger partial charge in [-0.05, 0) is 30.7 Å². The maximum Gasteiger partial charge on any atom is 0.328 e. The lowest BCUT2D eigenvalue weighted by molar-refractivity contribution is -0.142. The number of carbonyl (C=O) groups excluding carboxylic acids is 1. The first-order valence-corrected chi connectivity index (χ1v) is 7.59. The smallest absolute Gasteiger partial charge is 0.328 e. The summed E-state index contributed by atoms with van der Waals surface area (Å²) in [7, 11) is -3.96. The first-order valence-electron chi connectivity index (χ1n) is 5.32. The zero-order chi connectivity index (χ0) is 13.3. The van der Waals surface area contributed by atoms with Crippen LogP contribution in [-0.2, 0) is 26.1 Å². The summed E-state index contributed by atoms with van der Waals surface area (Å²) in [5, 5.41) is -1.29. The Bertz CT molecular complexity index is 581. The Morgan fingerprint density at radius 1 is 1.56 bits per heavy atom. The third-order valence-corrected chi connectivity index (χ3v) is 4.49. The number of hydrogen-bond acceptors (Lipinski definition) is 5. The fourth-order valence-corrected chi connectivity index (χ4v) is 3.34. The summed E-state index contributed by atoms with van der Waals surface area (Å²) >= 11 is 3.29. The highest BCUT2D eigenvalue weighted by Gasteiger charge is 2.40. The molecule has 7 heteroatoms. The SMILES string of the molecule is CCOC(=O)C1Cc2cc(Br)ccc2OS1(=O)=O. The molecule has 18 heavy (non-hydrogen) atoms. The Hall–Kier alpha value is -1.08. The average molecular weight is 335 g/mol. The van der Waals surface area contributed by atoms with Gasteiger partial charge in [0, 0.05) is 10.9 Å². The topological polar surface area (TPSA) is 69.7 Å². The Kier molecular flexibility index (Phi) is 3.63. The third-order valence-electron chi connectivity index (χ3n) is 2.53. The molecule has 0 aliphatic carbocycles. The van der Waals surface area contributed by atoms with E-state index in [-0.39, 0.29) is 18.8 Å². The second kappa shape index (κ2) is 4.89. The number of fused-ring (bicyclic) bond motifs is 1. The van der Waals surface area contributed by atoms with Crippen molar-refractivity contribution < 1.29 is 22.1 Å². The van der Waals surface area contributed by atoms with Crippen LogP contribution < -0.4 is 4.18 Å². The molecule has 2 rings (SSSR count). The van der Waals surface area contributed by atoms with Gasteiger partial charge in [-0.2, -0.15) is 8.42 Å². The van der Waals surface area contributed by atoms with Crippen molar-refractivity contribution in [1.29, 1.82) is 0 Å². The molecular formula is C11H11BrO5S. The molecule has 98 valence electrons. The summed E-state index contributed by atoms with van der Waals surface area (Å²) < 4.78 is 34.1. The Morgan fingerprint density at radius 2 is 2.28 bits per heavy atom. The number of hydrogen-bond donors (Lipinski definition) is 0. The largest absolute Gasteiger partial charge is 0.465 e. The number of esters is 1. The van der Waals surface area contributed by atoms with Crippen LogP contribution in [0.25, 0.3) is 0 Å². The molecular weight excluding hydrogens is 324 g/mol. The van der Waals surface area contributed by atoms with Gasteiger partial charge in [0.1, 0.15) is 5.75 Å². The second-order valence-electron chi connectivity index (χ2n) is 3.77. The second-order valence-corrected chi connectivity index (χ2v) is 6.41. The van der Waals surface area contributed by atoms with Crippen molar-refractivity contribution in [2.24, 2.45) is 0 Å². The van der Waals surface area contributed by atoms with Crippen LogP contribution in [0.5, 0.6) is 5.75 Å². The molecule has 1 aromatic rings. The van der Waals surface area contributed by atoms with Crippen LogP contribution in [0.1, 0.15) is 12.5 Å². The minimum Gasteiger partial charge on any atom is -0.465 e. The Labute approximate surface area is 113 Å². The van der Waals surface area contributed by atoms with Gasteiger partial charge >= 0.3 is 16.1 Å². The van der Waals surface area contributed by atoms with Gasteiger partial charge in [0.25, 0.3) is 0 Å². The molecule has 0 N–H and O–H groups in total. The molecule has 1 aliphatic heterocycles. The number of benzene rings is 1. The van der Waals surface area contributed by atoms with Crippen molar-refractivity contribution in [3.63, 3.8) is 0 Å². The van der Waals surface area contributed by atoms with Gasteiger partial charge in [0.15, 0.2) is 5.25 Å². The molecule has 1 heterocycles. The van der Waals surface area contributed by atoms with E-state index in [9.17, 15) is 13.2 Å². The van der Waals surface area contributed by atoms with E-state index in [1.807, 2.05) is 0 Å². The van der Waals surface area contributed by atoms with Crippen molar-refractivity contribution in [3.8, 4) is 5.75 Å². The van der Waals surface area contributed by atoms with E-state index in [0.29, 0.717) is 5.56 Å². The van der Waals surface area contributed by atoms with Crippen LogP contribution in [0.2, 0.25) is 0 Å². The molecule has 1 atom stereocenters. The number of rotatable bonds is 2.